The summed E-state index contributed by atoms with van der Waals surface area (Å²) in [5.74, 6) is -0.193. The van der Waals surface area contributed by atoms with Crippen molar-refractivity contribution in [3.05, 3.63) is 40.9 Å². The van der Waals surface area contributed by atoms with Gasteiger partial charge in [0.15, 0.2) is 0 Å². The standard InChI is InChI=1S/C18H22N4O3/c1-12(2)16-17(24)19-8-10-22(16)15(23)7-9-21-11-20-14-6-4-3-5-13(14)18(21)25/h3-6,11-12,16H,7-10H2,1-2H3,(H,19,24). The molecular formula is C18H22N4O3. The van der Waals surface area contributed by atoms with Gasteiger partial charge >= 0.3 is 0 Å². The molecule has 0 aliphatic carbocycles. The Morgan fingerprint density at radius 3 is 2.84 bits per heavy atom. The van der Waals surface area contributed by atoms with Gasteiger partial charge in [-0.15, -0.1) is 0 Å². The van der Waals surface area contributed by atoms with Crippen molar-refractivity contribution >= 4 is 22.7 Å². The molecule has 2 aromatic rings. The second-order valence-corrected chi connectivity index (χ2v) is 6.58. The maximum absolute atomic E-state index is 12.6. The van der Waals surface area contributed by atoms with Crippen LogP contribution in [0.3, 0.4) is 0 Å². The number of amides is 2. The number of piperazine rings is 1. The smallest absolute Gasteiger partial charge is 0.261 e. The number of para-hydroxylation sites is 1. The van der Waals surface area contributed by atoms with E-state index in [0.29, 0.717) is 24.0 Å². The summed E-state index contributed by atoms with van der Waals surface area (Å²) in [6.07, 6.45) is 1.64. The van der Waals surface area contributed by atoms with E-state index in [-0.39, 0.29) is 36.3 Å². The fourth-order valence-electron chi connectivity index (χ4n) is 3.25. The highest BCUT2D eigenvalue weighted by Crippen LogP contribution is 2.15. The second kappa shape index (κ2) is 7.04. The highest BCUT2D eigenvalue weighted by Gasteiger charge is 2.34. The lowest BCUT2D eigenvalue weighted by Crippen LogP contribution is -2.59. The van der Waals surface area contributed by atoms with Gasteiger partial charge in [-0.05, 0) is 18.1 Å². The van der Waals surface area contributed by atoms with Crippen LogP contribution in [0, 0.1) is 5.92 Å². The SMILES string of the molecule is CC(C)C1C(=O)NCCN1C(=O)CCn1cnc2ccccc2c1=O. The summed E-state index contributed by atoms with van der Waals surface area (Å²) in [4.78, 5) is 43.0. The molecule has 132 valence electrons. The van der Waals surface area contributed by atoms with Gasteiger partial charge in [0.25, 0.3) is 5.56 Å². The topological polar surface area (TPSA) is 84.3 Å². The number of carbonyl (C=O) groups is 2. The van der Waals surface area contributed by atoms with Crippen LogP contribution >= 0.6 is 0 Å². The van der Waals surface area contributed by atoms with Gasteiger partial charge in [-0.1, -0.05) is 26.0 Å². The maximum Gasteiger partial charge on any atom is 0.261 e. The Hall–Kier alpha value is -2.70. The first-order chi connectivity index (χ1) is 12.0. The molecule has 1 aromatic carbocycles. The summed E-state index contributed by atoms with van der Waals surface area (Å²) in [5, 5.41) is 3.34. The lowest BCUT2D eigenvalue weighted by atomic mass is 9.99. The van der Waals surface area contributed by atoms with Crippen LogP contribution in [0.2, 0.25) is 0 Å². The molecule has 1 unspecified atom stereocenters. The number of aryl methyl sites for hydroxylation is 1. The van der Waals surface area contributed by atoms with Gasteiger partial charge in [0.05, 0.1) is 17.2 Å². The Morgan fingerprint density at radius 1 is 1.32 bits per heavy atom. The van der Waals surface area contributed by atoms with Crippen LogP contribution in [0.1, 0.15) is 20.3 Å². The third-order valence-corrected chi connectivity index (χ3v) is 4.51. The van der Waals surface area contributed by atoms with Crippen LogP contribution in [0.4, 0.5) is 0 Å². The Kier molecular flexibility index (Phi) is 4.83. The van der Waals surface area contributed by atoms with Crippen LogP contribution in [0.15, 0.2) is 35.4 Å². The van der Waals surface area contributed by atoms with E-state index in [1.807, 2.05) is 19.9 Å². The van der Waals surface area contributed by atoms with Gasteiger partial charge in [0.1, 0.15) is 6.04 Å². The Bertz CT molecular complexity index is 859. The number of hydrogen-bond acceptors (Lipinski definition) is 4. The molecule has 1 saturated heterocycles. The predicted molar refractivity (Wildman–Crippen MR) is 94.0 cm³/mol. The van der Waals surface area contributed by atoms with Crippen molar-refractivity contribution in [2.45, 2.75) is 32.9 Å². The molecule has 1 aliphatic heterocycles. The monoisotopic (exact) mass is 342 g/mol. The van der Waals surface area contributed by atoms with E-state index in [1.54, 1.807) is 23.1 Å². The van der Waals surface area contributed by atoms with E-state index in [4.69, 9.17) is 0 Å². The van der Waals surface area contributed by atoms with E-state index in [2.05, 4.69) is 10.3 Å². The van der Waals surface area contributed by atoms with Crippen molar-refractivity contribution < 1.29 is 9.59 Å². The number of hydrogen-bond donors (Lipinski definition) is 1. The first kappa shape index (κ1) is 17.1. The molecule has 1 aliphatic rings. The Balaban J connectivity index is 1.75. The summed E-state index contributed by atoms with van der Waals surface area (Å²) in [7, 11) is 0. The van der Waals surface area contributed by atoms with Gasteiger partial charge < -0.3 is 10.2 Å². The first-order valence-corrected chi connectivity index (χ1v) is 8.50. The maximum atomic E-state index is 12.6. The third kappa shape index (κ3) is 3.40. The highest BCUT2D eigenvalue weighted by atomic mass is 16.2. The van der Waals surface area contributed by atoms with Crippen molar-refractivity contribution in [2.75, 3.05) is 13.1 Å². The molecule has 1 fully saturated rings. The van der Waals surface area contributed by atoms with E-state index in [1.165, 1.54) is 10.9 Å². The average molecular weight is 342 g/mol. The molecule has 1 aromatic heterocycles. The first-order valence-electron chi connectivity index (χ1n) is 8.50. The van der Waals surface area contributed by atoms with Gasteiger partial charge in [0.2, 0.25) is 11.8 Å². The van der Waals surface area contributed by atoms with Crippen molar-refractivity contribution in [3.8, 4) is 0 Å². The minimum Gasteiger partial charge on any atom is -0.353 e. The van der Waals surface area contributed by atoms with Crippen molar-refractivity contribution in [1.29, 1.82) is 0 Å². The third-order valence-electron chi connectivity index (χ3n) is 4.51. The average Bonchev–Trinajstić information content (AvgIpc) is 2.60. The zero-order chi connectivity index (χ0) is 18.0. The predicted octanol–water partition coefficient (Wildman–Crippen LogP) is 0.770. The van der Waals surface area contributed by atoms with Crippen LogP contribution in [0.5, 0.6) is 0 Å². The molecule has 7 nitrogen and oxygen atoms in total. The molecule has 0 bridgehead atoms. The number of rotatable bonds is 4. The fourth-order valence-corrected chi connectivity index (χ4v) is 3.25. The van der Waals surface area contributed by atoms with E-state index < -0.39 is 6.04 Å². The number of nitrogens with zero attached hydrogens (tertiary/aromatic N) is 3. The summed E-state index contributed by atoms with van der Waals surface area (Å²) in [6, 6.07) is 6.68. The van der Waals surface area contributed by atoms with Gasteiger partial charge in [-0.2, -0.15) is 0 Å². The van der Waals surface area contributed by atoms with Gasteiger partial charge in [0, 0.05) is 26.1 Å². The quantitative estimate of drug-likeness (QED) is 0.889. The minimum absolute atomic E-state index is 0.0364. The molecule has 1 atom stereocenters. The molecule has 0 saturated carbocycles. The normalized spacial score (nSPS) is 17.8. The molecule has 1 N–H and O–H groups in total. The molecule has 0 spiro atoms. The molecule has 3 rings (SSSR count). The van der Waals surface area contributed by atoms with E-state index >= 15 is 0 Å². The number of benzene rings is 1. The van der Waals surface area contributed by atoms with Crippen LogP contribution in [-0.4, -0.2) is 45.4 Å². The van der Waals surface area contributed by atoms with Crippen LogP contribution in [-0.2, 0) is 16.1 Å². The van der Waals surface area contributed by atoms with Crippen molar-refractivity contribution in [2.24, 2.45) is 5.92 Å². The van der Waals surface area contributed by atoms with E-state index in [9.17, 15) is 14.4 Å². The molecule has 25 heavy (non-hydrogen) atoms. The number of aromatic nitrogens is 2. The summed E-state index contributed by atoms with van der Waals surface area (Å²) in [5.41, 5.74) is 0.484. The minimum atomic E-state index is -0.451. The fraction of sp³-hybridized carbons (Fsp3) is 0.444. The second-order valence-electron chi connectivity index (χ2n) is 6.58. The molecule has 7 heteroatoms. The van der Waals surface area contributed by atoms with E-state index in [0.717, 1.165) is 0 Å². The summed E-state index contributed by atoms with van der Waals surface area (Å²) >= 11 is 0. The Morgan fingerprint density at radius 2 is 2.08 bits per heavy atom. The molecule has 2 heterocycles. The zero-order valence-electron chi connectivity index (χ0n) is 14.4. The molecule has 0 radical (unpaired) electrons. The zero-order valence-corrected chi connectivity index (χ0v) is 14.4. The molecule has 2 amide bonds. The lowest BCUT2D eigenvalue weighted by molar-refractivity contribution is -0.145. The summed E-state index contributed by atoms with van der Waals surface area (Å²) in [6.45, 7) is 5.06. The lowest BCUT2D eigenvalue weighted by Gasteiger charge is -2.37. The summed E-state index contributed by atoms with van der Waals surface area (Å²) < 4.78 is 1.45. The number of fused-ring (bicyclic) bond motifs is 1. The molecular weight excluding hydrogens is 320 g/mol. The number of nitrogens with one attached hydrogen (secondary N) is 1. The highest BCUT2D eigenvalue weighted by molar-refractivity contribution is 5.89. The van der Waals surface area contributed by atoms with Gasteiger partial charge in [-0.3, -0.25) is 19.0 Å². The van der Waals surface area contributed by atoms with Crippen LogP contribution in [0.25, 0.3) is 10.9 Å². The Labute approximate surface area is 145 Å². The van der Waals surface area contributed by atoms with Crippen molar-refractivity contribution in [3.63, 3.8) is 0 Å². The van der Waals surface area contributed by atoms with Crippen molar-refractivity contribution in [1.82, 2.24) is 19.8 Å². The largest absolute Gasteiger partial charge is 0.353 e. The number of carbonyl (C=O) groups excluding carboxylic acids is 2. The van der Waals surface area contributed by atoms with Crippen LogP contribution < -0.4 is 10.9 Å². The van der Waals surface area contributed by atoms with Gasteiger partial charge in [-0.25, -0.2) is 4.98 Å².